The van der Waals surface area contributed by atoms with Crippen LogP contribution in [0.25, 0.3) is 43.7 Å². The summed E-state index contributed by atoms with van der Waals surface area (Å²) in [5.41, 5.74) is -8.56. The van der Waals surface area contributed by atoms with Crippen LogP contribution in [0.5, 0.6) is 0 Å². The molecule has 0 amide bonds. The van der Waals surface area contributed by atoms with Crippen molar-refractivity contribution in [2.75, 3.05) is 0 Å². The normalized spacial score (nSPS) is 13.1. The number of aromatic nitrogens is 4. The van der Waals surface area contributed by atoms with Gasteiger partial charge in [0.15, 0.2) is 0 Å². The molecular formula is C33H16F12N4S2. The van der Waals surface area contributed by atoms with Gasteiger partial charge in [-0.25, -0.2) is 9.97 Å². The van der Waals surface area contributed by atoms with Crippen molar-refractivity contribution in [1.29, 1.82) is 0 Å². The predicted molar refractivity (Wildman–Crippen MR) is 164 cm³/mol. The molecule has 0 aliphatic rings. The van der Waals surface area contributed by atoms with E-state index in [0.717, 1.165) is 24.3 Å². The molecule has 4 aromatic heterocycles. The number of pyridine rings is 2. The maximum atomic E-state index is 14.8. The molecule has 18 heteroatoms. The number of benzene rings is 2. The second-order valence-electron chi connectivity index (χ2n) is 10.8. The molecule has 0 unspecified atom stereocenters. The first kappa shape index (κ1) is 36.0. The topological polar surface area (TPSA) is 51.6 Å². The SMILES string of the molecule is FC(F)(F)c1sc(-c2ccc(C(c3ccc(-c4nc(-c5ccncc5)c(C(F)(F)F)s4)cc3)(C(F)(F)F)C(F)(F)F)cc2)nc1-c1ccncc1. The number of hydrogen-bond acceptors (Lipinski definition) is 6. The molecule has 0 aliphatic carbocycles. The molecule has 0 radical (unpaired) electrons. The number of alkyl halides is 12. The van der Waals surface area contributed by atoms with Crippen molar-refractivity contribution in [2.24, 2.45) is 0 Å². The van der Waals surface area contributed by atoms with Crippen LogP contribution >= 0.6 is 22.7 Å². The van der Waals surface area contributed by atoms with Crippen LogP contribution in [0.1, 0.15) is 20.9 Å². The molecule has 0 N–H and O–H groups in total. The Morgan fingerprint density at radius 3 is 0.980 bits per heavy atom. The van der Waals surface area contributed by atoms with Crippen LogP contribution in [0.2, 0.25) is 0 Å². The highest BCUT2D eigenvalue weighted by Gasteiger charge is 2.72. The van der Waals surface area contributed by atoms with E-state index in [1.807, 2.05) is 0 Å². The van der Waals surface area contributed by atoms with Gasteiger partial charge in [-0.2, -0.15) is 52.7 Å². The van der Waals surface area contributed by atoms with Gasteiger partial charge in [0.05, 0.1) is 11.4 Å². The van der Waals surface area contributed by atoms with Gasteiger partial charge >= 0.3 is 24.7 Å². The van der Waals surface area contributed by atoms with E-state index < -0.39 is 62.4 Å². The maximum Gasteiger partial charge on any atom is 0.427 e. The van der Waals surface area contributed by atoms with Crippen molar-refractivity contribution in [2.45, 2.75) is 30.1 Å². The van der Waals surface area contributed by atoms with Crippen molar-refractivity contribution in [3.05, 3.63) is 118 Å². The summed E-state index contributed by atoms with van der Waals surface area (Å²) < 4.78 is 172. The van der Waals surface area contributed by atoms with Crippen molar-refractivity contribution in [1.82, 2.24) is 19.9 Å². The summed E-state index contributed by atoms with van der Waals surface area (Å²) in [4.78, 5) is 13.2. The second-order valence-corrected chi connectivity index (χ2v) is 12.8. The molecule has 0 atom stereocenters. The zero-order valence-electron chi connectivity index (χ0n) is 24.9. The molecule has 51 heavy (non-hydrogen) atoms. The van der Waals surface area contributed by atoms with Crippen molar-refractivity contribution >= 4 is 22.7 Å². The Morgan fingerprint density at radius 1 is 0.392 bits per heavy atom. The largest absolute Gasteiger partial charge is 0.427 e. The minimum Gasteiger partial charge on any atom is -0.265 e. The third-order valence-corrected chi connectivity index (χ3v) is 9.96. The molecule has 0 saturated carbocycles. The van der Waals surface area contributed by atoms with Crippen LogP contribution in [0.15, 0.2) is 97.6 Å². The van der Waals surface area contributed by atoms with E-state index in [0.29, 0.717) is 24.3 Å². The lowest BCUT2D eigenvalue weighted by Crippen LogP contribution is -2.54. The van der Waals surface area contributed by atoms with Gasteiger partial charge in [0.2, 0.25) is 5.41 Å². The van der Waals surface area contributed by atoms with Crippen LogP contribution in [-0.4, -0.2) is 32.3 Å². The summed E-state index contributed by atoms with van der Waals surface area (Å²) in [6.07, 6.45) is -16.9. The Balaban J connectivity index is 1.43. The van der Waals surface area contributed by atoms with Crippen LogP contribution in [0.4, 0.5) is 52.7 Å². The Morgan fingerprint density at radius 2 is 0.706 bits per heavy atom. The van der Waals surface area contributed by atoms with E-state index in [1.54, 1.807) is 0 Å². The van der Waals surface area contributed by atoms with Gasteiger partial charge in [-0.3, -0.25) is 9.97 Å². The van der Waals surface area contributed by atoms with Crippen molar-refractivity contribution < 1.29 is 52.7 Å². The molecule has 2 aromatic carbocycles. The zero-order valence-corrected chi connectivity index (χ0v) is 26.5. The summed E-state index contributed by atoms with van der Waals surface area (Å²) in [6, 6.07) is 10.3. The van der Waals surface area contributed by atoms with E-state index in [4.69, 9.17) is 0 Å². The molecule has 0 saturated heterocycles. The number of hydrogen-bond donors (Lipinski definition) is 0. The van der Waals surface area contributed by atoms with E-state index in [-0.39, 0.29) is 54.9 Å². The fourth-order valence-corrected chi connectivity index (χ4v) is 7.31. The first-order valence-corrected chi connectivity index (χ1v) is 15.8. The molecule has 0 bridgehead atoms. The Hall–Kier alpha value is -4.84. The summed E-state index contributed by atoms with van der Waals surface area (Å²) in [6.45, 7) is 0. The van der Waals surface area contributed by atoms with Crippen molar-refractivity contribution in [3.8, 4) is 43.7 Å². The second kappa shape index (κ2) is 12.7. The summed E-state index contributed by atoms with van der Waals surface area (Å²) in [5, 5.41) is -0.634. The van der Waals surface area contributed by atoms with Gasteiger partial charge in [-0.05, 0) is 35.4 Å². The minimum absolute atomic E-state index is 0.0361. The molecule has 0 fully saturated rings. The lowest BCUT2D eigenvalue weighted by Gasteiger charge is -2.38. The summed E-state index contributed by atoms with van der Waals surface area (Å²) in [7, 11) is 0. The molecule has 6 aromatic rings. The standard InChI is InChI=1S/C33H16F12N4S2/c34-30(35,36)25-23(17-9-13-46-14-10-17)48-27(50-25)19-1-5-21(6-2-19)29(32(40,41)42,33(43,44)45)22-7-3-20(4-8-22)28-49-24(18-11-15-47-16-12-18)26(51-28)31(37,38)39/h1-16H. The third-order valence-electron chi connectivity index (χ3n) is 7.66. The number of rotatable bonds is 6. The highest BCUT2D eigenvalue weighted by atomic mass is 32.1. The quantitative estimate of drug-likeness (QED) is 0.159. The van der Waals surface area contributed by atoms with Gasteiger partial charge in [0.25, 0.3) is 0 Å². The number of halogens is 12. The van der Waals surface area contributed by atoms with E-state index in [2.05, 4.69) is 19.9 Å². The first-order chi connectivity index (χ1) is 23.8. The molecule has 264 valence electrons. The molecule has 4 nitrogen and oxygen atoms in total. The fraction of sp³-hybridized carbons (Fsp3) is 0.152. The zero-order chi connectivity index (χ0) is 37.0. The highest BCUT2D eigenvalue weighted by Crippen LogP contribution is 2.57. The lowest BCUT2D eigenvalue weighted by molar-refractivity contribution is -0.288. The van der Waals surface area contributed by atoms with E-state index >= 15 is 0 Å². The van der Waals surface area contributed by atoms with Crippen LogP contribution < -0.4 is 0 Å². The van der Waals surface area contributed by atoms with Gasteiger partial charge in [0.1, 0.15) is 19.8 Å². The van der Waals surface area contributed by atoms with Gasteiger partial charge in [-0.15, -0.1) is 22.7 Å². The van der Waals surface area contributed by atoms with Crippen LogP contribution in [-0.2, 0) is 17.8 Å². The van der Waals surface area contributed by atoms with Crippen LogP contribution in [0.3, 0.4) is 0 Å². The maximum absolute atomic E-state index is 14.8. The molecular weight excluding hydrogens is 745 g/mol. The average Bonchev–Trinajstić information content (AvgIpc) is 3.72. The van der Waals surface area contributed by atoms with Gasteiger partial charge < -0.3 is 0 Å². The predicted octanol–water partition coefficient (Wildman–Crippen LogP) is 11.5. The fourth-order valence-electron chi connectivity index (χ4n) is 5.39. The third kappa shape index (κ3) is 6.57. The summed E-state index contributed by atoms with van der Waals surface area (Å²) in [5.74, 6) is 0. The monoisotopic (exact) mass is 760 g/mol. The number of thiazole rings is 2. The number of nitrogens with zero attached hydrogens (tertiary/aromatic N) is 4. The Labute approximate surface area is 287 Å². The van der Waals surface area contributed by atoms with Gasteiger partial charge in [-0.1, -0.05) is 48.5 Å². The first-order valence-electron chi connectivity index (χ1n) is 14.1. The highest BCUT2D eigenvalue weighted by molar-refractivity contribution is 7.16. The average molecular weight is 761 g/mol. The van der Waals surface area contributed by atoms with E-state index in [9.17, 15) is 52.7 Å². The molecule has 0 spiro atoms. The smallest absolute Gasteiger partial charge is 0.265 e. The van der Waals surface area contributed by atoms with Gasteiger partial charge in [0, 0.05) is 47.0 Å². The molecule has 0 aliphatic heterocycles. The lowest BCUT2D eigenvalue weighted by atomic mass is 9.72. The van der Waals surface area contributed by atoms with Crippen LogP contribution in [0, 0.1) is 0 Å². The van der Waals surface area contributed by atoms with E-state index in [1.165, 1.54) is 49.1 Å². The Kier molecular flexibility index (Phi) is 8.98. The summed E-state index contributed by atoms with van der Waals surface area (Å²) >= 11 is 0.316. The minimum atomic E-state index is -6.02. The van der Waals surface area contributed by atoms with Crippen molar-refractivity contribution in [3.63, 3.8) is 0 Å². The molecule has 4 heterocycles. The Bertz CT molecular complexity index is 1980. The molecule has 6 rings (SSSR count).